The normalized spacial score (nSPS) is 19.9. The zero-order chi connectivity index (χ0) is 12.3. The molecule has 1 aromatic rings. The van der Waals surface area contributed by atoms with Crippen molar-refractivity contribution in [1.82, 2.24) is 0 Å². The number of hydrogen-bond acceptors (Lipinski definition) is 2. The highest BCUT2D eigenvalue weighted by molar-refractivity contribution is 5.87. The van der Waals surface area contributed by atoms with Gasteiger partial charge in [0.05, 0.1) is 12.1 Å². The minimum atomic E-state index is -4.19. The smallest absolute Gasteiger partial charge is 0.392 e. The summed E-state index contributed by atoms with van der Waals surface area (Å²) < 4.78 is 36.4. The molecular formula is C12H12F3NO. The van der Waals surface area contributed by atoms with E-state index in [0.29, 0.717) is 12.1 Å². The first-order valence-corrected chi connectivity index (χ1v) is 5.35. The monoisotopic (exact) mass is 243 g/mol. The molecule has 1 aromatic carbocycles. The van der Waals surface area contributed by atoms with Crippen LogP contribution in [0.3, 0.4) is 0 Å². The molecule has 1 aliphatic rings. The fraction of sp³-hybridized carbons (Fsp3) is 0.417. The van der Waals surface area contributed by atoms with Crippen LogP contribution >= 0.6 is 0 Å². The van der Waals surface area contributed by atoms with Crippen LogP contribution in [0.4, 0.5) is 13.2 Å². The molecule has 1 atom stereocenters. The van der Waals surface area contributed by atoms with Crippen molar-refractivity contribution < 1.29 is 18.0 Å². The van der Waals surface area contributed by atoms with E-state index in [1.807, 2.05) is 30.3 Å². The second-order valence-electron chi connectivity index (χ2n) is 4.07. The molecule has 0 unspecified atom stereocenters. The van der Waals surface area contributed by atoms with Gasteiger partial charge in [-0.3, -0.25) is 0 Å². The molecular weight excluding hydrogens is 231 g/mol. The van der Waals surface area contributed by atoms with Gasteiger partial charge in [-0.25, -0.2) is 0 Å². The van der Waals surface area contributed by atoms with Gasteiger partial charge in [0.1, 0.15) is 6.10 Å². The first kappa shape index (κ1) is 12.0. The SMILES string of the molecule is FC(F)(F)C[C@@H]1CC(Cc2ccccc2)=NO1. The molecule has 0 aromatic heterocycles. The van der Waals surface area contributed by atoms with Crippen LogP contribution in [0.25, 0.3) is 0 Å². The quantitative estimate of drug-likeness (QED) is 0.798. The number of oxime groups is 1. The maximum atomic E-state index is 12.1. The van der Waals surface area contributed by atoms with Crippen LogP contribution in [-0.4, -0.2) is 18.0 Å². The summed E-state index contributed by atoms with van der Waals surface area (Å²) in [5, 5.41) is 3.71. The molecule has 0 radical (unpaired) electrons. The van der Waals surface area contributed by atoms with E-state index >= 15 is 0 Å². The van der Waals surface area contributed by atoms with Crippen molar-refractivity contribution in [2.24, 2.45) is 5.16 Å². The minimum absolute atomic E-state index is 0.258. The first-order chi connectivity index (χ1) is 8.03. The average Bonchev–Trinajstić information content (AvgIpc) is 2.64. The van der Waals surface area contributed by atoms with Crippen LogP contribution in [0.15, 0.2) is 35.5 Å². The van der Waals surface area contributed by atoms with Crippen LogP contribution < -0.4 is 0 Å². The third kappa shape index (κ3) is 3.76. The van der Waals surface area contributed by atoms with E-state index in [1.165, 1.54) is 0 Å². The molecule has 92 valence electrons. The molecule has 0 N–H and O–H groups in total. The fourth-order valence-corrected chi connectivity index (χ4v) is 1.79. The highest BCUT2D eigenvalue weighted by Gasteiger charge is 2.35. The Morgan fingerprint density at radius 1 is 1.24 bits per heavy atom. The lowest BCUT2D eigenvalue weighted by Crippen LogP contribution is -2.19. The van der Waals surface area contributed by atoms with Gasteiger partial charge in [-0.15, -0.1) is 0 Å². The van der Waals surface area contributed by atoms with Gasteiger partial charge in [-0.2, -0.15) is 13.2 Å². The lowest BCUT2D eigenvalue weighted by Gasteiger charge is -2.10. The second kappa shape index (κ2) is 4.77. The van der Waals surface area contributed by atoms with Gasteiger partial charge in [0.25, 0.3) is 0 Å². The minimum Gasteiger partial charge on any atom is -0.392 e. The van der Waals surface area contributed by atoms with Gasteiger partial charge in [-0.1, -0.05) is 35.5 Å². The molecule has 0 bridgehead atoms. The lowest BCUT2D eigenvalue weighted by atomic mass is 10.0. The number of nitrogens with zero attached hydrogens (tertiary/aromatic N) is 1. The molecule has 17 heavy (non-hydrogen) atoms. The van der Waals surface area contributed by atoms with E-state index in [0.717, 1.165) is 5.56 Å². The maximum absolute atomic E-state index is 12.1. The molecule has 0 saturated heterocycles. The zero-order valence-corrected chi connectivity index (χ0v) is 9.07. The summed E-state index contributed by atoms with van der Waals surface area (Å²) in [6.45, 7) is 0. The van der Waals surface area contributed by atoms with E-state index in [-0.39, 0.29) is 6.42 Å². The number of halogens is 3. The highest BCUT2D eigenvalue weighted by Crippen LogP contribution is 2.27. The average molecular weight is 243 g/mol. The van der Waals surface area contributed by atoms with Crippen molar-refractivity contribution in [2.45, 2.75) is 31.5 Å². The number of alkyl halides is 3. The lowest BCUT2D eigenvalue weighted by molar-refractivity contribution is -0.157. The number of hydrogen-bond donors (Lipinski definition) is 0. The Labute approximate surface area is 97.1 Å². The van der Waals surface area contributed by atoms with E-state index in [1.54, 1.807) is 0 Å². The van der Waals surface area contributed by atoms with Crippen molar-refractivity contribution in [3.8, 4) is 0 Å². The molecule has 1 aliphatic heterocycles. The Morgan fingerprint density at radius 3 is 2.59 bits per heavy atom. The second-order valence-corrected chi connectivity index (χ2v) is 4.07. The molecule has 2 rings (SSSR count). The molecule has 0 fully saturated rings. The van der Waals surface area contributed by atoms with Crippen molar-refractivity contribution >= 4 is 5.71 Å². The zero-order valence-electron chi connectivity index (χ0n) is 9.07. The summed E-state index contributed by atoms with van der Waals surface area (Å²) >= 11 is 0. The molecule has 5 heteroatoms. The molecule has 1 heterocycles. The van der Waals surface area contributed by atoms with Crippen LogP contribution in [0.2, 0.25) is 0 Å². The predicted molar refractivity (Wildman–Crippen MR) is 57.7 cm³/mol. The van der Waals surface area contributed by atoms with Crippen molar-refractivity contribution in [1.29, 1.82) is 0 Å². The molecule has 2 nitrogen and oxygen atoms in total. The Kier molecular flexibility index (Phi) is 3.36. The Hall–Kier alpha value is -1.52. The fourth-order valence-electron chi connectivity index (χ4n) is 1.79. The summed E-state index contributed by atoms with van der Waals surface area (Å²) in [6, 6.07) is 9.50. The van der Waals surface area contributed by atoms with Crippen LogP contribution in [0.5, 0.6) is 0 Å². The predicted octanol–water partition coefficient (Wildman–Crippen LogP) is 3.33. The Morgan fingerprint density at radius 2 is 1.94 bits per heavy atom. The highest BCUT2D eigenvalue weighted by atomic mass is 19.4. The molecule has 0 aliphatic carbocycles. The van der Waals surface area contributed by atoms with Gasteiger partial charge >= 0.3 is 6.18 Å². The van der Waals surface area contributed by atoms with E-state index in [4.69, 9.17) is 4.84 Å². The molecule has 0 saturated carbocycles. The first-order valence-electron chi connectivity index (χ1n) is 5.35. The van der Waals surface area contributed by atoms with Gasteiger partial charge < -0.3 is 4.84 Å². The van der Waals surface area contributed by atoms with Crippen molar-refractivity contribution in [3.63, 3.8) is 0 Å². The van der Waals surface area contributed by atoms with Crippen molar-refractivity contribution in [2.75, 3.05) is 0 Å². The summed E-state index contributed by atoms with van der Waals surface area (Å²) in [6.07, 6.45) is -5.17. The van der Waals surface area contributed by atoms with Gasteiger partial charge in [-0.05, 0) is 5.56 Å². The van der Waals surface area contributed by atoms with E-state index < -0.39 is 18.7 Å². The molecule has 0 amide bonds. The topological polar surface area (TPSA) is 21.6 Å². The molecule has 0 spiro atoms. The Bertz CT molecular complexity index is 400. The van der Waals surface area contributed by atoms with Gasteiger partial charge in [0.15, 0.2) is 0 Å². The third-order valence-corrected chi connectivity index (χ3v) is 2.50. The van der Waals surface area contributed by atoms with Crippen LogP contribution in [0, 0.1) is 0 Å². The maximum Gasteiger partial charge on any atom is 0.392 e. The van der Waals surface area contributed by atoms with Crippen LogP contribution in [-0.2, 0) is 11.3 Å². The van der Waals surface area contributed by atoms with Crippen LogP contribution in [0.1, 0.15) is 18.4 Å². The standard InChI is InChI=1S/C12H12F3NO/c13-12(14,15)8-11-7-10(16-17-11)6-9-4-2-1-3-5-9/h1-5,11H,6-8H2/t11-/m0/s1. The summed E-state index contributed by atoms with van der Waals surface area (Å²) in [5.74, 6) is 0. The number of benzene rings is 1. The number of rotatable bonds is 3. The summed E-state index contributed by atoms with van der Waals surface area (Å²) in [7, 11) is 0. The van der Waals surface area contributed by atoms with Crippen molar-refractivity contribution in [3.05, 3.63) is 35.9 Å². The Balaban J connectivity index is 1.86. The van der Waals surface area contributed by atoms with Gasteiger partial charge in [0.2, 0.25) is 0 Å². The van der Waals surface area contributed by atoms with E-state index in [2.05, 4.69) is 5.16 Å². The van der Waals surface area contributed by atoms with E-state index in [9.17, 15) is 13.2 Å². The summed E-state index contributed by atoms with van der Waals surface area (Å²) in [4.78, 5) is 4.78. The largest absolute Gasteiger partial charge is 0.392 e. The third-order valence-electron chi connectivity index (χ3n) is 2.50. The van der Waals surface area contributed by atoms with Gasteiger partial charge in [0, 0.05) is 12.8 Å². The summed E-state index contributed by atoms with van der Waals surface area (Å²) in [5.41, 5.74) is 1.70.